The van der Waals surface area contributed by atoms with E-state index in [1.165, 1.54) is 0 Å². The number of carboxylic acids is 1. The molecule has 1 fully saturated rings. The smallest absolute Gasteiger partial charge is 0.307 e. The van der Waals surface area contributed by atoms with Crippen molar-refractivity contribution in [2.45, 2.75) is 12.5 Å². The summed E-state index contributed by atoms with van der Waals surface area (Å²) >= 11 is 3.35. The molecule has 5 nitrogen and oxygen atoms in total. The molecule has 0 bridgehead atoms. The molecule has 1 aromatic carbocycles. The van der Waals surface area contributed by atoms with Gasteiger partial charge in [-0.15, -0.1) is 0 Å². The highest BCUT2D eigenvalue weighted by molar-refractivity contribution is 9.10. The molecule has 19 heavy (non-hydrogen) atoms. The van der Waals surface area contributed by atoms with Crippen molar-refractivity contribution in [1.29, 1.82) is 0 Å². The Labute approximate surface area is 120 Å². The number of rotatable bonds is 5. The van der Waals surface area contributed by atoms with Crippen LogP contribution in [0.25, 0.3) is 0 Å². The van der Waals surface area contributed by atoms with E-state index < -0.39 is 5.97 Å². The number of likely N-dealkylation sites (tertiary alicyclic amines) is 1. The first-order valence-corrected chi connectivity index (χ1v) is 6.72. The fourth-order valence-electron chi connectivity index (χ4n) is 2.09. The van der Waals surface area contributed by atoms with Crippen molar-refractivity contribution in [1.82, 2.24) is 4.90 Å². The number of likely N-dealkylation sites (N-methyl/N-ethyl adjacent to an activating group) is 1. The Morgan fingerprint density at radius 2 is 2.21 bits per heavy atom. The van der Waals surface area contributed by atoms with E-state index in [4.69, 9.17) is 14.6 Å². The number of nitrogens with zero attached hydrogens (tertiary/aromatic N) is 1. The van der Waals surface area contributed by atoms with Gasteiger partial charge < -0.3 is 14.6 Å². The number of benzene rings is 1. The fourth-order valence-corrected chi connectivity index (χ4v) is 2.57. The van der Waals surface area contributed by atoms with Crippen molar-refractivity contribution < 1.29 is 19.4 Å². The number of halogens is 1. The number of ether oxygens (including phenoxy) is 2. The standard InChI is InChI=1S/C13H16BrNO4/c1-15-6-10(7-15)19-13-8(4-12(16)17)3-9(14)5-11(13)18-2/h3,5,10H,4,6-7H2,1-2H3,(H,16,17). The average molecular weight is 330 g/mol. The normalized spacial score (nSPS) is 15.9. The summed E-state index contributed by atoms with van der Waals surface area (Å²) in [7, 11) is 3.56. The van der Waals surface area contributed by atoms with Crippen molar-refractivity contribution in [2.75, 3.05) is 27.2 Å². The van der Waals surface area contributed by atoms with Crippen LogP contribution < -0.4 is 9.47 Å². The van der Waals surface area contributed by atoms with Crippen LogP contribution in [-0.2, 0) is 11.2 Å². The number of hydrogen-bond donors (Lipinski definition) is 1. The molecule has 1 aliphatic heterocycles. The first-order valence-electron chi connectivity index (χ1n) is 5.93. The molecular weight excluding hydrogens is 314 g/mol. The lowest BCUT2D eigenvalue weighted by molar-refractivity contribution is -0.136. The minimum atomic E-state index is -0.893. The second-order valence-electron chi connectivity index (χ2n) is 4.63. The molecule has 0 aliphatic carbocycles. The van der Waals surface area contributed by atoms with E-state index in [9.17, 15) is 4.79 Å². The molecular formula is C13H16BrNO4. The Morgan fingerprint density at radius 3 is 2.74 bits per heavy atom. The zero-order chi connectivity index (χ0) is 14.0. The Kier molecular flexibility index (Phi) is 4.31. The third-order valence-electron chi connectivity index (χ3n) is 2.97. The maximum atomic E-state index is 10.9. The summed E-state index contributed by atoms with van der Waals surface area (Å²) in [5.74, 6) is 0.196. The first-order chi connectivity index (χ1) is 8.99. The van der Waals surface area contributed by atoms with Crippen LogP contribution in [0.5, 0.6) is 11.5 Å². The molecule has 2 rings (SSSR count). The lowest BCUT2D eigenvalue weighted by atomic mass is 10.1. The number of carbonyl (C=O) groups is 1. The third-order valence-corrected chi connectivity index (χ3v) is 3.43. The second kappa shape index (κ2) is 5.79. The van der Waals surface area contributed by atoms with Gasteiger partial charge in [-0.2, -0.15) is 0 Å². The molecule has 0 spiro atoms. The molecule has 0 unspecified atom stereocenters. The summed E-state index contributed by atoms with van der Waals surface area (Å²) in [5.41, 5.74) is 0.619. The van der Waals surface area contributed by atoms with Gasteiger partial charge in [-0.25, -0.2) is 0 Å². The predicted octanol–water partition coefficient (Wildman–Crippen LogP) is 1.78. The third kappa shape index (κ3) is 3.39. The van der Waals surface area contributed by atoms with Gasteiger partial charge in [0, 0.05) is 23.1 Å². The lowest BCUT2D eigenvalue weighted by Crippen LogP contribution is -2.51. The van der Waals surface area contributed by atoms with Gasteiger partial charge in [0.25, 0.3) is 0 Å². The minimum Gasteiger partial charge on any atom is -0.493 e. The fraction of sp³-hybridized carbons (Fsp3) is 0.462. The maximum Gasteiger partial charge on any atom is 0.307 e. The summed E-state index contributed by atoms with van der Waals surface area (Å²) in [5, 5.41) is 8.97. The van der Waals surface area contributed by atoms with Crippen LogP contribution in [0.1, 0.15) is 5.56 Å². The molecule has 1 aromatic rings. The topological polar surface area (TPSA) is 59.0 Å². The van der Waals surface area contributed by atoms with Gasteiger partial charge in [0.2, 0.25) is 0 Å². The van der Waals surface area contributed by atoms with Crippen molar-refractivity contribution in [2.24, 2.45) is 0 Å². The molecule has 0 radical (unpaired) electrons. The van der Waals surface area contributed by atoms with Gasteiger partial charge in [-0.1, -0.05) is 15.9 Å². The zero-order valence-corrected chi connectivity index (χ0v) is 12.4. The molecule has 0 amide bonds. The number of aliphatic carboxylic acids is 1. The summed E-state index contributed by atoms with van der Waals surface area (Å²) in [6.45, 7) is 1.68. The van der Waals surface area contributed by atoms with Gasteiger partial charge in [0.05, 0.1) is 13.5 Å². The van der Waals surface area contributed by atoms with E-state index in [0.29, 0.717) is 17.1 Å². The van der Waals surface area contributed by atoms with Crippen molar-refractivity contribution in [3.8, 4) is 11.5 Å². The number of methoxy groups -OCH3 is 1. The van der Waals surface area contributed by atoms with Gasteiger partial charge in [0.1, 0.15) is 6.10 Å². The first kappa shape index (κ1) is 14.1. The van der Waals surface area contributed by atoms with Crippen LogP contribution in [0, 0.1) is 0 Å². The molecule has 0 aromatic heterocycles. The van der Waals surface area contributed by atoms with Gasteiger partial charge >= 0.3 is 5.97 Å². The van der Waals surface area contributed by atoms with Gasteiger partial charge in [-0.05, 0) is 19.2 Å². The van der Waals surface area contributed by atoms with E-state index in [2.05, 4.69) is 20.8 Å². The molecule has 0 atom stereocenters. The van der Waals surface area contributed by atoms with E-state index in [1.807, 2.05) is 7.05 Å². The summed E-state index contributed by atoms with van der Waals surface area (Å²) in [6.07, 6.45) is 0.000799. The predicted molar refractivity (Wildman–Crippen MR) is 73.9 cm³/mol. The van der Waals surface area contributed by atoms with Crippen molar-refractivity contribution in [3.63, 3.8) is 0 Å². The molecule has 0 saturated carbocycles. The van der Waals surface area contributed by atoms with Crippen LogP contribution in [0.15, 0.2) is 16.6 Å². The Hall–Kier alpha value is -1.27. The largest absolute Gasteiger partial charge is 0.493 e. The second-order valence-corrected chi connectivity index (χ2v) is 5.54. The Bertz CT molecular complexity index is 486. The molecule has 1 N–H and O–H groups in total. The molecule has 104 valence electrons. The highest BCUT2D eigenvalue weighted by Crippen LogP contribution is 2.36. The van der Waals surface area contributed by atoms with Crippen molar-refractivity contribution >= 4 is 21.9 Å². The van der Waals surface area contributed by atoms with E-state index in [0.717, 1.165) is 17.6 Å². The number of carboxylic acid groups (broad SMARTS) is 1. The Morgan fingerprint density at radius 1 is 1.53 bits per heavy atom. The molecule has 6 heteroatoms. The maximum absolute atomic E-state index is 10.9. The van der Waals surface area contributed by atoms with Crippen LogP contribution in [0.3, 0.4) is 0 Å². The number of hydrogen-bond acceptors (Lipinski definition) is 4. The van der Waals surface area contributed by atoms with Crippen LogP contribution in [-0.4, -0.2) is 49.3 Å². The van der Waals surface area contributed by atoms with Gasteiger partial charge in [-0.3, -0.25) is 9.69 Å². The molecule has 1 aliphatic rings. The summed E-state index contributed by atoms with van der Waals surface area (Å²) in [6, 6.07) is 3.54. The quantitative estimate of drug-likeness (QED) is 0.892. The van der Waals surface area contributed by atoms with Crippen LogP contribution >= 0.6 is 15.9 Å². The highest BCUT2D eigenvalue weighted by Gasteiger charge is 2.27. The van der Waals surface area contributed by atoms with E-state index in [1.54, 1.807) is 19.2 Å². The monoisotopic (exact) mass is 329 g/mol. The van der Waals surface area contributed by atoms with E-state index in [-0.39, 0.29) is 12.5 Å². The summed E-state index contributed by atoms with van der Waals surface area (Å²) < 4.78 is 11.9. The SMILES string of the molecule is COc1cc(Br)cc(CC(=O)O)c1OC1CN(C)C1. The minimum absolute atomic E-state index is 0.0896. The van der Waals surface area contributed by atoms with Gasteiger partial charge in [0.15, 0.2) is 11.5 Å². The zero-order valence-electron chi connectivity index (χ0n) is 10.9. The molecule has 1 heterocycles. The van der Waals surface area contributed by atoms with E-state index >= 15 is 0 Å². The lowest BCUT2D eigenvalue weighted by Gasteiger charge is -2.36. The van der Waals surface area contributed by atoms with Crippen LogP contribution in [0.2, 0.25) is 0 Å². The highest BCUT2D eigenvalue weighted by atomic mass is 79.9. The average Bonchev–Trinajstić information content (AvgIpc) is 2.28. The molecule has 1 saturated heterocycles. The van der Waals surface area contributed by atoms with Crippen LogP contribution in [0.4, 0.5) is 0 Å². The summed E-state index contributed by atoms with van der Waals surface area (Å²) in [4.78, 5) is 13.1. The van der Waals surface area contributed by atoms with Crippen molar-refractivity contribution in [3.05, 3.63) is 22.2 Å². The Balaban J connectivity index is 2.28.